The summed E-state index contributed by atoms with van der Waals surface area (Å²) >= 11 is 0. The molecule has 0 spiro atoms. The zero-order chi connectivity index (χ0) is 19.8. The Bertz CT molecular complexity index is 658. The molecule has 2 amide bonds. The smallest absolute Gasteiger partial charge is 0.223 e. The number of piperidine rings is 1. The van der Waals surface area contributed by atoms with E-state index in [-0.39, 0.29) is 24.7 Å². The van der Waals surface area contributed by atoms with Crippen molar-refractivity contribution in [3.63, 3.8) is 0 Å². The summed E-state index contributed by atoms with van der Waals surface area (Å²) in [5.74, 6) is 0.727. The van der Waals surface area contributed by atoms with E-state index >= 15 is 0 Å². The second kappa shape index (κ2) is 10.6. The number of nitrogens with zero attached hydrogens (tertiary/aromatic N) is 2. The van der Waals surface area contributed by atoms with Crippen LogP contribution in [0.5, 0.6) is 0 Å². The average molecular weight is 388 g/mol. The van der Waals surface area contributed by atoms with Crippen molar-refractivity contribution in [2.75, 3.05) is 39.4 Å². The van der Waals surface area contributed by atoms with E-state index in [9.17, 15) is 9.59 Å². The second-order valence-electron chi connectivity index (χ2n) is 8.02. The van der Waals surface area contributed by atoms with E-state index in [4.69, 9.17) is 4.74 Å². The van der Waals surface area contributed by atoms with E-state index in [0.29, 0.717) is 32.8 Å². The first-order valence-corrected chi connectivity index (χ1v) is 10.5. The maximum atomic E-state index is 12.2. The molecule has 6 nitrogen and oxygen atoms in total. The van der Waals surface area contributed by atoms with Gasteiger partial charge < -0.3 is 15.0 Å². The van der Waals surface area contributed by atoms with Gasteiger partial charge >= 0.3 is 0 Å². The summed E-state index contributed by atoms with van der Waals surface area (Å²) in [7, 11) is 0. The van der Waals surface area contributed by atoms with Crippen molar-refractivity contribution in [1.29, 1.82) is 0 Å². The van der Waals surface area contributed by atoms with E-state index in [1.165, 1.54) is 18.4 Å². The van der Waals surface area contributed by atoms with Gasteiger partial charge in [-0.15, -0.1) is 0 Å². The molecule has 1 aromatic carbocycles. The van der Waals surface area contributed by atoms with Crippen LogP contribution in [-0.4, -0.2) is 61.0 Å². The molecule has 6 heteroatoms. The fourth-order valence-electron chi connectivity index (χ4n) is 4.03. The molecule has 1 atom stereocenters. The molecule has 3 rings (SSSR count). The predicted molar refractivity (Wildman–Crippen MR) is 109 cm³/mol. The Morgan fingerprint density at radius 3 is 2.61 bits per heavy atom. The van der Waals surface area contributed by atoms with Crippen LogP contribution >= 0.6 is 0 Å². The third-order valence-corrected chi connectivity index (χ3v) is 5.66. The van der Waals surface area contributed by atoms with Gasteiger partial charge in [0.25, 0.3) is 0 Å². The van der Waals surface area contributed by atoms with Gasteiger partial charge in [-0.25, -0.2) is 0 Å². The Balaban J connectivity index is 1.44. The molecule has 0 saturated carbocycles. The first-order chi connectivity index (χ1) is 13.6. The van der Waals surface area contributed by atoms with Crippen LogP contribution in [-0.2, 0) is 27.4 Å². The van der Waals surface area contributed by atoms with Crippen molar-refractivity contribution >= 4 is 11.8 Å². The predicted octanol–water partition coefficient (Wildman–Crippen LogP) is 2.17. The van der Waals surface area contributed by atoms with Gasteiger partial charge in [0.2, 0.25) is 11.8 Å². The highest BCUT2D eigenvalue weighted by Gasteiger charge is 2.19. The molecule has 2 fully saturated rings. The van der Waals surface area contributed by atoms with Gasteiger partial charge in [-0.3, -0.25) is 14.5 Å². The van der Waals surface area contributed by atoms with Gasteiger partial charge in [-0.05, 0) is 36.4 Å². The first kappa shape index (κ1) is 20.8. The fraction of sp³-hybridized carbons (Fsp3) is 0.636. The average Bonchev–Trinajstić information content (AvgIpc) is 2.72. The van der Waals surface area contributed by atoms with Crippen LogP contribution in [0, 0.1) is 5.92 Å². The number of benzene rings is 1. The number of rotatable bonds is 7. The first-order valence-electron chi connectivity index (χ1n) is 10.5. The van der Waals surface area contributed by atoms with Gasteiger partial charge in [0.15, 0.2) is 0 Å². The van der Waals surface area contributed by atoms with Crippen molar-refractivity contribution in [2.45, 2.75) is 45.7 Å². The second-order valence-corrected chi connectivity index (χ2v) is 8.02. The number of morpholine rings is 1. The maximum Gasteiger partial charge on any atom is 0.223 e. The van der Waals surface area contributed by atoms with E-state index < -0.39 is 0 Å². The number of carbonyl (C=O) groups excluding carboxylic acids is 2. The summed E-state index contributed by atoms with van der Waals surface area (Å²) in [5, 5.41) is 2.99. The van der Waals surface area contributed by atoms with E-state index in [1.807, 2.05) is 6.07 Å². The molecule has 0 aromatic heterocycles. The largest absolute Gasteiger partial charge is 0.378 e. The van der Waals surface area contributed by atoms with Gasteiger partial charge in [-0.1, -0.05) is 31.2 Å². The number of hydrogen-bond acceptors (Lipinski definition) is 4. The zero-order valence-electron chi connectivity index (χ0n) is 17.0. The highest BCUT2D eigenvalue weighted by Crippen LogP contribution is 2.19. The van der Waals surface area contributed by atoms with Crippen LogP contribution in [0.1, 0.15) is 43.7 Å². The quantitative estimate of drug-likeness (QED) is 0.779. The van der Waals surface area contributed by atoms with Crippen molar-refractivity contribution < 1.29 is 14.3 Å². The monoisotopic (exact) mass is 387 g/mol. The molecule has 2 aliphatic rings. The number of likely N-dealkylation sites (tertiary alicyclic amines) is 1. The van der Waals surface area contributed by atoms with Crippen LogP contribution in [0.4, 0.5) is 0 Å². The lowest BCUT2D eigenvalue weighted by Gasteiger charge is -2.31. The molecule has 1 aromatic rings. The maximum absolute atomic E-state index is 12.2. The van der Waals surface area contributed by atoms with Crippen LogP contribution in [0.25, 0.3) is 0 Å². The summed E-state index contributed by atoms with van der Waals surface area (Å²) in [4.78, 5) is 28.7. The number of amides is 2. The van der Waals surface area contributed by atoms with Gasteiger partial charge in [0.1, 0.15) is 0 Å². The highest BCUT2D eigenvalue weighted by molar-refractivity contribution is 5.83. The minimum atomic E-state index is -0.0667. The molecular formula is C22H33N3O3. The van der Waals surface area contributed by atoms with Crippen LogP contribution in [0.3, 0.4) is 0 Å². The molecule has 2 saturated heterocycles. The summed E-state index contributed by atoms with van der Waals surface area (Å²) in [6, 6.07) is 8.32. The Morgan fingerprint density at radius 1 is 1.11 bits per heavy atom. The molecule has 0 unspecified atom stereocenters. The van der Waals surface area contributed by atoms with Crippen LogP contribution in [0.15, 0.2) is 24.3 Å². The molecule has 0 radical (unpaired) electrons. The van der Waals surface area contributed by atoms with Crippen molar-refractivity contribution in [3.8, 4) is 0 Å². The minimum Gasteiger partial charge on any atom is -0.378 e. The van der Waals surface area contributed by atoms with Crippen LogP contribution in [0.2, 0.25) is 0 Å². The Kier molecular flexibility index (Phi) is 7.86. The SMILES string of the molecule is C[C@H]1CCCN(Cc2ccccc2CNC(=O)CCC(=O)N2CCOCC2)C1. The Morgan fingerprint density at radius 2 is 1.86 bits per heavy atom. The van der Waals surface area contributed by atoms with E-state index in [2.05, 4.69) is 35.3 Å². The summed E-state index contributed by atoms with van der Waals surface area (Å²) in [6.07, 6.45) is 3.08. The third-order valence-electron chi connectivity index (χ3n) is 5.66. The zero-order valence-corrected chi connectivity index (χ0v) is 17.0. The molecule has 154 valence electrons. The van der Waals surface area contributed by atoms with Gasteiger partial charge in [0, 0.05) is 45.6 Å². The number of hydrogen-bond donors (Lipinski definition) is 1. The number of carbonyl (C=O) groups is 2. The summed E-state index contributed by atoms with van der Waals surface area (Å²) < 4.78 is 5.26. The fourth-order valence-corrected chi connectivity index (χ4v) is 4.03. The molecule has 2 heterocycles. The Hall–Kier alpha value is -1.92. The molecule has 2 aliphatic heterocycles. The molecule has 0 aliphatic carbocycles. The minimum absolute atomic E-state index is 0.0399. The lowest BCUT2D eigenvalue weighted by molar-refractivity contribution is -0.137. The number of nitrogens with one attached hydrogen (secondary N) is 1. The topological polar surface area (TPSA) is 61.9 Å². The van der Waals surface area contributed by atoms with Gasteiger partial charge in [-0.2, -0.15) is 0 Å². The highest BCUT2D eigenvalue weighted by atomic mass is 16.5. The van der Waals surface area contributed by atoms with Crippen molar-refractivity contribution in [3.05, 3.63) is 35.4 Å². The molecule has 28 heavy (non-hydrogen) atoms. The normalized spacial score (nSPS) is 20.8. The van der Waals surface area contributed by atoms with Crippen molar-refractivity contribution in [1.82, 2.24) is 15.1 Å². The lowest BCUT2D eigenvalue weighted by Crippen LogP contribution is -2.41. The van der Waals surface area contributed by atoms with Gasteiger partial charge in [0.05, 0.1) is 13.2 Å². The van der Waals surface area contributed by atoms with Crippen molar-refractivity contribution in [2.24, 2.45) is 5.92 Å². The third kappa shape index (κ3) is 6.31. The standard InChI is InChI=1S/C22H33N3O3/c1-18-5-4-10-24(16-18)17-20-7-3-2-6-19(20)15-23-21(26)8-9-22(27)25-11-13-28-14-12-25/h2-3,6-7,18H,4-5,8-17H2,1H3,(H,23,26)/t18-/m0/s1. The Labute approximate surface area is 168 Å². The molecular weight excluding hydrogens is 354 g/mol. The summed E-state index contributed by atoms with van der Waals surface area (Å²) in [6.45, 7) is 8.49. The van der Waals surface area contributed by atoms with Crippen LogP contribution < -0.4 is 5.32 Å². The molecule has 1 N–H and O–H groups in total. The lowest BCUT2D eigenvalue weighted by atomic mass is 9.99. The van der Waals surface area contributed by atoms with E-state index in [1.54, 1.807) is 4.90 Å². The summed E-state index contributed by atoms with van der Waals surface area (Å²) in [5.41, 5.74) is 2.44. The number of ether oxygens (including phenoxy) is 1. The molecule has 0 bridgehead atoms. The van der Waals surface area contributed by atoms with E-state index in [0.717, 1.165) is 31.1 Å².